The van der Waals surface area contributed by atoms with Gasteiger partial charge in [-0.3, -0.25) is 0 Å². The molecular formula is C16H20ClNOS. The average molecular weight is 310 g/mol. The van der Waals surface area contributed by atoms with Gasteiger partial charge in [0.2, 0.25) is 0 Å². The van der Waals surface area contributed by atoms with Crippen molar-refractivity contribution >= 4 is 22.9 Å². The third kappa shape index (κ3) is 4.91. The van der Waals surface area contributed by atoms with Gasteiger partial charge >= 0.3 is 0 Å². The summed E-state index contributed by atoms with van der Waals surface area (Å²) in [5, 5.41) is 8.60. The minimum Gasteiger partial charge on any atom is -0.383 e. The van der Waals surface area contributed by atoms with Gasteiger partial charge in [-0.25, -0.2) is 0 Å². The molecule has 2 aromatic rings. The van der Waals surface area contributed by atoms with E-state index in [1.807, 2.05) is 12.1 Å². The van der Waals surface area contributed by atoms with Crippen molar-refractivity contribution in [3.8, 4) is 0 Å². The molecule has 1 atom stereocenters. The highest BCUT2D eigenvalue weighted by atomic mass is 35.5. The molecular weight excluding hydrogens is 290 g/mol. The lowest BCUT2D eigenvalue weighted by Crippen LogP contribution is -2.26. The molecule has 0 saturated carbocycles. The summed E-state index contributed by atoms with van der Waals surface area (Å²) in [6, 6.07) is 10.4. The Morgan fingerprint density at radius 3 is 2.95 bits per heavy atom. The molecule has 4 heteroatoms. The SMILES string of the molecule is COCCNCC(Cc1ccsc1)c1cccc(Cl)c1. The second-order valence-corrected chi connectivity index (χ2v) is 6.00. The molecule has 0 fully saturated rings. The Hall–Kier alpha value is -0.870. The molecule has 1 aromatic carbocycles. The van der Waals surface area contributed by atoms with Gasteiger partial charge in [-0.15, -0.1) is 0 Å². The molecule has 2 nitrogen and oxygen atoms in total. The number of hydrogen-bond acceptors (Lipinski definition) is 3. The second kappa shape index (κ2) is 8.42. The highest BCUT2D eigenvalue weighted by Gasteiger charge is 2.13. The molecule has 1 heterocycles. The Morgan fingerprint density at radius 2 is 2.25 bits per heavy atom. The highest BCUT2D eigenvalue weighted by Crippen LogP contribution is 2.24. The summed E-state index contributed by atoms with van der Waals surface area (Å²) < 4.78 is 5.07. The van der Waals surface area contributed by atoms with E-state index < -0.39 is 0 Å². The summed E-state index contributed by atoms with van der Waals surface area (Å²) in [7, 11) is 1.72. The Morgan fingerprint density at radius 1 is 1.35 bits per heavy atom. The van der Waals surface area contributed by atoms with Gasteiger partial charge in [0.15, 0.2) is 0 Å². The van der Waals surface area contributed by atoms with E-state index in [1.54, 1.807) is 18.4 Å². The van der Waals surface area contributed by atoms with Gasteiger partial charge < -0.3 is 10.1 Å². The molecule has 20 heavy (non-hydrogen) atoms. The van der Waals surface area contributed by atoms with Crippen LogP contribution in [0.25, 0.3) is 0 Å². The fourth-order valence-corrected chi connectivity index (χ4v) is 3.09. The van der Waals surface area contributed by atoms with Gasteiger partial charge in [0.05, 0.1) is 6.61 Å². The van der Waals surface area contributed by atoms with E-state index in [4.69, 9.17) is 16.3 Å². The first-order valence-electron chi connectivity index (χ1n) is 6.76. The van der Waals surface area contributed by atoms with Crippen LogP contribution in [0.5, 0.6) is 0 Å². The summed E-state index contributed by atoms with van der Waals surface area (Å²) in [5.74, 6) is 0.431. The highest BCUT2D eigenvalue weighted by molar-refractivity contribution is 7.07. The van der Waals surface area contributed by atoms with Crippen molar-refractivity contribution in [2.45, 2.75) is 12.3 Å². The topological polar surface area (TPSA) is 21.3 Å². The fourth-order valence-electron chi connectivity index (χ4n) is 2.21. The van der Waals surface area contributed by atoms with Crippen LogP contribution in [0.3, 0.4) is 0 Å². The lowest BCUT2D eigenvalue weighted by atomic mass is 9.93. The van der Waals surface area contributed by atoms with Gasteiger partial charge in [-0.2, -0.15) is 11.3 Å². The van der Waals surface area contributed by atoms with E-state index in [1.165, 1.54) is 11.1 Å². The predicted molar refractivity (Wildman–Crippen MR) is 87.0 cm³/mol. The van der Waals surface area contributed by atoms with Crippen molar-refractivity contribution < 1.29 is 4.74 Å². The quantitative estimate of drug-likeness (QED) is 0.745. The van der Waals surface area contributed by atoms with Crippen LogP contribution in [0.4, 0.5) is 0 Å². The molecule has 1 aromatic heterocycles. The normalized spacial score (nSPS) is 12.5. The fraction of sp³-hybridized carbons (Fsp3) is 0.375. The van der Waals surface area contributed by atoms with Gasteiger partial charge in [-0.05, 0) is 46.5 Å². The van der Waals surface area contributed by atoms with Crippen LogP contribution in [-0.4, -0.2) is 26.8 Å². The van der Waals surface area contributed by atoms with Crippen molar-refractivity contribution in [1.82, 2.24) is 5.32 Å². The molecule has 1 N–H and O–H groups in total. The van der Waals surface area contributed by atoms with E-state index >= 15 is 0 Å². The Bertz CT molecular complexity index is 501. The maximum absolute atomic E-state index is 6.12. The zero-order valence-electron chi connectivity index (χ0n) is 11.6. The Balaban J connectivity index is 2.03. The van der Waals surface area contributed by atoms with Crippen LogP contribution in [0, 0.1) is 0 Å². The van der Waals surface area contributed by atoms with Crippen LogP contribution >= 0.6 is 22.9 Å². The number of hydrogen-bond donors (Lipinski definition) is 1. The number of nitrogens with one attached hydrogen (secondary N) is 1. The third-order valence-corrected chi connectivity index (χ3v) is 4.22. The molecule has 0 radical (unpaired) electrons. The van der Waals surface area contributed by atoms with Crippen molar-refractivity contribution in [1.29, 1.82) is 0 Å². The number of ether oxygens (including phenoxy) is 1. The van der Waals surface area contributed by atoms with Crippen molar-refractivity contribution in [2.24, 2.45) is 0 Å². The molecule has 0 amide bonds. The van der Waals surface area contributed by atoms with Crippen LogP contribution in [-0.2, 0) is 11.2 Å². The lowest BCUT2D eigenvalue weighted by Gasteiger charge is -2.18. The van der Waals surface area contributed by atoms with Crippen molar-refractivity contribution in [2.75, 3.05) is 26.8 Å². The maximum atomic E-state index is 6.12. The molecule has 1 unspecified atom stereocenters. The number of thiophene rings is 1. The summed E-state index contributed by atoms with van der Waals surface area (Å²) in [6.07, 6.45) is 1.03. The average Bonchev–Trinajstić information content (AvgIpc) is 2.95. The Kier molecular flexibility index (Phi) is 6.54. The molecule has 0 bridgehead atoms. The predicted octanol–water partition coefficient (Wildman–Crippen LogP) is 3.96. The van der Waals surface area contributed by atoms with Crippen molar-refractivity contribution in [3.63, 3.8) is 0 Å². The summed E-state index contributed by atoms with van der Waals surface area (Å²) in [5.41, 5.74) is 2.67. The van der Waals surface area contributed by atoms with Gasteiger partial charge in [0.25, 0.3) is 0 Å². The van der Waals surface area contributed by atoms with Gasteiger partial charge in [0.1, 0.15) is 0 Å². The monoisotopic (exact) mass is 309 g/mol. The maximum Gasteiger partial charge on any atom is 0.0587 e. The number of rotatable bonds is 8. The summed E-state index contributed by atoms with van der Waals surface area (Å²) in [6.45, 7) is 2.54. The molecule has 0 aliphatic rings. The van der Waals surface area contributed by atoms with Gasteiger partial charge in [-0.1, -0.05) is 23.7 Å². The Labute approximate surface area is 129 Å². The number of benzene rings is 1. The van der Waals surface area contributed by atoms with E-state index in [2.05, 4.69) is 34.3 Å². The zero-order chi connectivity index (χ0) is 14.2. The molecule has 0 aliphatic heterocycles. The molecule has 0 spiro atoms. The van der Waals surface area contributed by atoms with Crippen LogP contribution < -0.4 is 5.32 Å². The summed E-state index contributed by atoms with van der Waals surface area (Å²) in [4.78, 5) is 0. The first-order valence-corrected chi connectivity index (χ1v) is 8.08. The smallest absolute Gasteiger partial charge is 0.0587 e. The van der Waals surface area contributed by atoms with E-state index in [9.17, 15) is 0 Å². The number of halogens is 1. The largest absolute Gasteiger partial charge is 0.383 e. The summed E-state index contributed by atoms with van der Waals surface area (Å²) >= 11 is 7.86. The van der Waals surface area contributed by atoms with Crippen LogP contribution in [0.2, 0.25) is 5.02 Å². The first-order chi connectivity index (χ1) is 9.79. The number of methoxy groups -OCH3 is 1. The second-order valence-electron chi connectivity index (χ2n) is 4.78. The zero-order valence-corrected chi connectivity index (χ0v) is 13.2. The molecule has 0 saturated heterocycles. The minimum atomic E-state index is 0.431. The molecule has 108 valence electrons. The van der Waals surface area contributed by atoms with Crippen LogP contribution in [0.15, 0.2) is 41.1 Å². The first kappa shape index (κ1) is 15.5. The molecule has 2 rings (SSSR count). The van der Waals surface area contributed by atoms with E-state index in [0.29, 0.717) is 5.92 Å². The third-order valence-electron chi connectivity index (χ3n) is 3.26. The standard InChI is InChI=1S/C16H20ClNOS/c1-19-7-6-18-11-15(9-13-5-8-20-12-13)14-3-2-4-16(17)10-14/h2-5,8,10,12,15,18H,6-7,9,11H2,1H3. The van der Waals surface area contributed by atoms with Crippen molar-refractivity contribution in [3.05, 3.63) is 57.2 Å². The lowest BCUT2D eigenvalue weighted by molar-refractivity contribution is 0.199. The van der Waals surface area contributed by atoms with Crippen LogP contribution in [0.1, 0.15) is 17.0 Å². The van der Waals surface area contributed by atoms with E-state index in [0.717, 1.165) is 31.1 Å². The minimum absolute atomic E-state index is 0.431. The van der Waals surface area contributed by atoms with E-state index in [-0.39, 0.29) is 0 Å². The van der Waals surface area contributed by atoms with Gasteiger partial charge in [0, 0.05) is 31.1 Å². The molecule has 0 aliphatic carbocycles.